The Morgan fingerprint density at radius 1 is 1.05 bits per heavy atom. The molecule has 2 saturated heterocycles. The van der Waals surface area contributed by atoms with Crippen molar-refractivity contribution in [2.75, 3.05) is 26.2 Å². The number of hydrogen-bond donors (Lipinski definition) is 1. The molecule has 2 aliphatic heterocycles. The summed E-state index contributed by atoms with van der Waals surface area (Å²) in [6, 6.07) is 0.105. The Kier molecular flexibility index (Phi) is 5.10. The average molecular weight is 303 g/mol. The number of nitrogens with zero attached hydrogens (tertiary/aromatic N) is 2. The zero-order chi connectivity index (χ0) is 14.8. The highest BCUT2D eigenvalue weighted by atomic mass is 32.2. The lowest BCUT2D eigenvalue weighted by atomic mass is 10.0. The summed E-state index contributed by atoms with van der Waals surface area (Å²) in [5, 5.41) is 3.46. The van der Waals surface area contributed by atoms with Gasteiger partial charge in [-0.2, -0.15) is 17.0 Å². The summed E-state index contributed by atoms with van der Waals surface area (Å²) in [5.74, 6) is 0. The predicted molar refractivity (Wildman–Crippen MR) is 81.8 cm³/mol. The fourth-order valence-corrected chi connectivity index (χ4v) is 4.91. The quantitative estimate of drug-likeness (QED) is 0.858. The van der Waals surface area contributed by atoms with E-state index in [4.69, 9.17) is 0 Å². The van der Waals surface area contributed by atoms with Crippen LogP contribution in [-0.2, 0) is 10.2 Å². The van der Waals surface area contributed by atoms with Crippen molar-refractivity contribution in [1.29, 1.82) is 0 Å². The van der Waals surface area contributed by atoms with Crippen LogP contribution in [0.5, 0.6) is 0 Å². The summed E-state index contributed by atoms with van der Waals surface area (Å²) >= 11 is 0. The summed E-state index contributed by atoms with van der Waals surface area (Å²) in [4.78, 5) is 0. The normalized spacial score (nSPS) is 27.1. The molecule has 2 fully saturated rings. The molecule has 2 aliphatic rings. The van der Waals surface area contributed by atoms with Crippen LogP contribution in [0.15, 0.2) is 0 Å². The number of rotatable bonds is 4. The molecular weight excluding hydrogens is 274 g/mol. The van der Waals surface area contributed by atoms with Gasteiger partial charge in [0.25, 0.3) is 10.2 Å². The minimum atomic E-state index is -3.25. The second kappa shape index (κ2) is 6.30. The van der Waals surface area contributed by atoms with Gasteiger partial charge in [-0.1, -0.05) is 6.42 Å². The summed E-state index contributed by atoms with van der Waals surface area (Å²) in [7, 11) is -3.25. The third-order valence-corrected chi connectivity index (χ3v) is 6.22. The van der Waals surface area contributed by atoms with E-state index in [1.807, 2.05) is 0 Å². The molecule has 20 heavy (non-hydrogen) atoms. The molecule has 6 heteroatoms. The molecule has 0 aromatic carbocycles. The standard InChI is InChI=1S/C14H29N3O2S/c1-14(2,3)15-12-13-8-4-5-11-17(13)20(18,19)16-9-6-7-10-16/h13,15H,4-12H2,1-3H3. The number of hydrogen-bond acceptors (Lipinski definition) is 3. The fraction of sp³-hybridized carbons (Fsp3) is 1.00. The molecule has 0 bridgehead atoms. The van der Waals surface area contributed by atoms with Crippen molar-refractivity contribution in [2.24, 2.45) is 0 Å². The highest BCUT2D eigenvalue weighted by Crippen LogP contribution is 2.25. The van der Waals surface area contributed by atoms with Crippen LogP contribution in [0, 0.1) is 0 Å². The first-order valence-electron chi connectivity index (χ1n) is 7.83. The van der Waals surface area contributed by atoms with Gasteiger partial charge in [-0.15, -0.1) is 0 Å². The largest absolute Gasteiger partial charge is 0.310 e. The molecule has 2 heterocycles. The summed E-state index contributed by atoms with van der Waals surface area (Å²) in [5.41, 5.74) is 0.0283. The smallest absolute Gasteiger partial charge is 0.282 e. The van der Waals surface area contributed by atoms with Crippen LogP contribution >= 0.6 is 0 Å². The molecule has 0 amide bonds. The SMILES string of the molecule is CC(C)(C)NCC1CCCCN1S(=O)(=O)N1CCCC1. The molecule has 0 aromatic heterocycles. The average Bonchev–Trinajstić information content (AvgIpc) is 2.90. The maximum Gasteiger partial charge on any atom is 0.282 e. The van der Waals surface area contributed by atoms with Gasteiger partial charge in [0.1, 0.15) is 0 Å². The van der Waals surface area contributed by atoms with Gasteiger partial charge in [-0.05, 0) is 46.5 Å². The van der Waals surface area contributed by atoms with Crippen molar-refractivity contribution in [3.8, 4) is 0 Å². The molecule has 0 saturated carbocycles. The van der Waals surface area contributed by atoms with Crippen molar-refractivity contribution >= 4 is 10.2 Å². The molecule has 0 radical (unpaired) electrons. The highest BCUT2D eigenvalue weighted by Gasteiger charge is 2.37. The molecule has 0 aromatic rings. The molecule has 1 unspecified atom stereocenters. The van der Waals surface area contributed by atoms with E-state index in [0.29, 0.717) is 19.6 Å². The van der Waals surface area contributed by atoms with Gasteiger partial charge in [0.05, 0.1) is 0 Å². The van der Waals surface area contributed by atoms with Gasteiger partial charge >= 0.3 is 0 Å². The van der Waals surface area contributed by atoms with Gasteiger partial charge in [-0.25, -0.2) is 0 Å². The van der Waals surface area contributed by atoms with Gasteiger partial charge in [-0.3, -0.25) is 0 Å². The number of piperidine rings is 1. The predicted octanol–water partition coefficient (Wildman–Crippen LogP) is 1.57. The Morgan fingerprint density at radius 3 is 2.25 bits per heavy atom. The van der Waals surface area contributed by atoms with E-state index in [1.54, 1.807) is 8.61 Å². The first-order chi connectivity index (χ1) is 9.31. The van der Waals surface area contributed by atoms with Crippen LogP contribution in [0.4, 0.5) is 0 Å². The Morgan fingerprint density at radius 2 is 1.65 bits per heavy atom. The Labute approximate surface area is 123 Å². The van der Waals surface area contributed by atoms with Crippen molar-refractivity contribution in [3.05, 3.63) is 0 Å². The van der Waals surface area contributed by atoms with E-state index >= 15 is 0 Å². The van der Waals surface area contributed by atoms with Crippen molar-refractivity contribution < 1.29 is 8.42 Å². The third-order valence-electron chi connectivity index (χ3n) is 4.13. The van der Waals surface area contributed by atoms with E-state index < -0.39 is 10.2 Å². The maximum absolute atomic E-state index is 12.7. The van der Waals surface area contributed by atoms with E-state index in [9.17, 15) is 8.42 Å². The van der Waals surface area contributed by atoms with E-state index in [0.717, 1.165) is 38.6 Å². The molecular formula is C14H29N3O2S. The van der Waals surface area contributed by atoms with E-state index in [2.05, 4.69) is 26.1 Å². The second-order valence-electron chi connectivity index (χ2n) is 7.01. The lowest BCUT2D eigenvalue weighted by Gasteiger charge is -2.38. The van der Waals surface area contributed by atoms with Crippen molar-refractivity contribution in [1.82, 2.24) is 13.9 Å². The molecule has 1 atom stereocenters. The first kappa shape index (κ1) is 16.2. The Hall–Kier alpha value is -0.170. The second-order valence-corrected chi connectivity index (χ2v) is 8.89. The van der Waals surface area contributed by atoms with E-state index in [1.165, 1.54) is 0 Å². The van der Waals surface area contributed by atoms with Crippen molar-refractivity contribution in [3.63, 3.8) is 0 Å². The molecule has 5 nitrogen and oxygen atoms in total. The third kappa shape index (κ3) is 3.93. The van der Waals surface area contributed by atoms with Crippen molar-refractivity contribution in [2.45, 2.75) is 64.5 Å². The number of nitrogens with one attached hydrogen (secondary N) is 1. The molecule has 118 valence electrons. The summed E-state index contributed by atoms with van der Waals surface area (Å²) < 4.78 is 28.9. The van der Waals surface area contributed by atoms with Gasteiger partial charge in [0.2, 0.25) is 0 Å². The summed E-state index contributed by atoms with van der Waals surface area (Å²) in [6.07, 6.45) is 5.08. The van der Waals surface area contributed by atoms with Crippen LogP contribution in [0.25, 0.3) is 0 Å². The summed E-state index contributed by atoms with van der Waals surface area (Å²) in [6.45, 7) is 9.17. The molecule has 1 N–H and O–H groups in total. The minimum Gasteiger partial charge on any atom is -0.310 e. The van der Waals surface area contributed by atoms with Crippen LogP contribution in [0.1, 0.15) is 52.9 Å². The topological polar surface area (TPSA) is 52.7 Å². The molecule has 2 rings (SSSR count). The minimum absolute atomic E-state index is 0.0283. The Bertz CT molecular complexity index is 411. The maximum atomic E-state index is 12.7. The van der Waals surface area contributed by atoms with Gasteiger partial charge in [0.15, 0.2) is 0 Å². The monoisotopic (exact) mass is 303 g/mol. The van der Waals surface area contributed by atoms with Crippen LogP contribution < -0.4 is 5.32 Å². The molecule has 0 spiro atoms. The lowest BCUT2D eigenvalue weighted by Crippen LogP contribution is -2.54. The van der Waals surface area contributed by atoms with Gasteiger partial charge < -0.3 is 5.32 Å². The highest BCUT2D eigenvalue weighted by molar-refractivity contribution is 7.86. The van der Waals surface area contributed by atoms with Crippen LogP contribution in [0.2, 0.25) is 0 Å². The Balaban J connectivity index is 2.06. The zero-order valence-electron chi connectivity index (χ0n) is 13.1. The van der Waals surface area contributed by atoms with Gasteiger partial charge in [0, 0.05) is 37.8 Å². The van der Waals surface area contributed by atoms with E-state index in [-0.39, 0.29) is 11.6 Å². The lowest BCUT2D eigenvalue weighted by molar-refractivity contribution is 0.218. The van der Waals surface area contributed by atoms with Crippen LogP contribution in [-0.4, -0.2) is 54.8 Å². The first-order valence-corrected chi connectivity index (χ1v) is 9.22. The van der Waals surface area contributed by atoms with Crippen LogP contribution in [0.3, 0.4) is 0 Å². The fourth-order valence-electron chi connectivity index (χ4n) is 2.97. The molecule has 0 aliphatic carbocycles. The zero-order valence-corrected chi connectivity index (χ0v) is 13.9.